The third-order valence-electron chi connectivity index (χ3n) is 3.51. The third-order valence-corrected chi connectivity index (χ3v) is 3.51. The molecule has 0 bridgehead atoms. The van der Waals surface area contributed by atoms with Crippen molar-refractivity contribution < 1.29 is 18.3 Å². The average Bonchev–Trinajstić information content (AvgIpc) is 3.21. The minimum atomic E-state index is -2.93. The van der Waals surface area contributed by atoms with Crippen LogP contribution in [0.4, 0.5) is 8.78 Å². The fraction of sp³-hybridized carbons (Fsp3) is 0.200. The summed E-state index contributed by atoms with van der Waals surface area (Å²) in [4.78, 5) is 8.67. The Labute approximate surface area is 139 Å². The van der Waals surface area contributed by atoms with Crippen molar-refractivity contribution in [1.82, 2.24) is 29.8 Å². The highest BCUT2D eigenvalue weighted by molar-refractivity contribution is 5.88. The largest absolute Gasteiger partial charge is 0.490 e. The molecule has 0 spiro atoms. The highest BCUT2D eigenvalue weighted by Gasteiger charge is 2.15. The van der Waals surface area contributed by atoms with E-state index in [1.54, 1.807) is 25.3 Å². The maximum absolute atomic E-state index is 12.5. The van der Waals surface area contributed by atoms with Crippen LogP contribution in [0.25, 0.3) is 28.1 Å². The Morgan fingerprint density at radius 1 is 1.28 bits per heavy atom. The van der Waals surface area contributed by atoms with Gasteiger partial charge in [0.15, 0.2) is 28.6 Å². The van der Waals surface area contributed by atoms with Gasteiger partial charge in [-0.3, -0.25) is 5.10 Å². The highest BCUT2D eigenvalue weighted by atomic mass is 19.3. The Bertz CT molecular complexity index is 1050. The van der Waals surface area contributed by atoms with Crippen molar-refractivity contribution in [3.05, 3.63) is 30.7 Å². The van der Waals surface area contributed by atoms with Crippen LogP contribution in [0.15, 0.2) is 30.7 Å². The monoisotopic (exact) mass is 346 g/mol. The van der Waals surface area contributed by atoms with Gasteiger partial charge >= 0.3 is 6.61 Å². The molecule has 0 radical (unpaired) electrons. The first kappa shape index (κ1) is 15.2. The fourth-order valence-corrected chi connectivity index (χ4v) is 2.47. The standard InChI is InChI=1S/C15H12F2N6O2/c1-2-24-11-5-8(3-4-10(11)25-15(16)17)12-20-14-9-6-19-21-13(9)18-7-23(14)22-12/h3-7,15H,2H2,1H3,(H,19,21). The van der Waals surface area contributed by atoms with E-state index in [1.165, 1.54) is 16.9 Å². The van der Waals surface area contributed by atoms with Gasteiger partial charge in [-0.05, 0) is 25.1 Å². The number of aromatic nitrogens is 6. The highest BCUT2D eigenvalue weighted by Crippen LogP contribution is 2.33. The number of fused-ring (bicyclic) bond motifs is 3. The predicted octanol–water partition coefficient (Wildman–Crippen LogP) is 2.67. The van der Waals surface area contributed by atoms with E-state index in [0.29, 0.717) is 29.3 Å². The van der Waals surface area contributed by atoms with Gasteiger partial charge in [0.25, 0.3) is 0 Å². The van der Waals surface area contributed by atoms with Crippen LogP contribution in [-0.4, -0.2) is 43.0 Å². The minimum Gasteiger partial charge on any atom is -0.490 e. The lowest BCUT2D eigenvalue weighted by Gasteiger charge is -2.11. The Kier molecular flexibility index (Phi) is 3.64. The Morgan fingerprint density at radius 2 is 2.16 bits per heavy atom. The van der Waals surface area contributed by atoms with Crippen molar-refractivity contribution in [2.45, 2.75) is 13.5 Å². The van der Waals surface area contributed by atoms with Crippen molar-refractivity contribution in [3.8, 4) is 22.9 Å². The number of benzene rings is 1. The molecule has 4 aromatic rings. The number of rotatable bonds is 5. The molecular formula is C15H12F2N6O2. The Balaban J connectivity index is 1.80. The van der Waals surface area contributed by atoms with Crippen molar-refractivity contribution in [2.75, 3.05) is 6.61 Å². The Morgan fingerprint density at radius 3 is 2.96 bits per heavy atom. The zero-order valence-corrected chi connectivity index (χ0v) is 13.0. The summed E-state index contributed by atoms with van der Waals surface area (Å²) in [5, 5.41) is 11.8. The summed E-state index contributed by atoms with van der Waals surface area (Å²) in [5.74, 6) is 0.564. The molecule has 128 valence electrons. The number of hydrogen-bond acceptors (Lipinski definition) is 6. The molecule has 0 aliphatic heterocycles. The van der Waals surface area contributed by atoms with E-state index in [4.69, 9.17) is 4.74 Å². The van der Waals surface area contributed by atoms with Crippen LogP contribution in [0.2, 0.25) is 0 Å². The zero-order chi connectivity index (χ0) is 17.4. The van der Waals surface area contributed by atoms with Gasteiger partial charge in [0.05, 0.1) is 18.2 Å². The van der Waals surface area contributed by atoms with Gasteiger partial charge in [-0.25, -0.2) is 14.5 Å². The molecule has 1 N–H and O–H groups in total. The average molecular weight is 346 g/mol. The first-order chi connectivity index (χ1) is 12.2. The van der Waals surface area contributed by atoms with E-state index >= 15 is 0 Å². The van der Waals surface area contributed by atoms with Crippen molar-refractivity contribution in [1.29, 1.82) is 0 Å². The maximum Gasteiger partial charge on any atom is 0.387 e. The lowest BCUT2D eigenvalue weighted by molar-refractivity contribution is -0.0514. The molecular weight excluding hydrogens is 334 g/mol. The molecule has 10 heteroatoms. The first-order valence-electron chi connectivity index (χ1n) is 7.42. The van der Waals surface area contributed by atoms with Crippen LogP contribution >= 0.6 is 0 Å². The third kappa shape index (κ3) is 2.71. The molecule has 0 saturated heterocycles. The van der Waals surface area contributed by atoms with Crippen LogP contribution in [0.5, 0.6) is 11.5 Å². The van der Waals surface area contributed by atoms with Crippen LogP contribution < -0.4 is 9.47 Å². The predicted molar refractivity (Wildman–Crippen MR) is 83.7 cm³/mol. The smallest absolute Gasteiger partial charge is 0.387 e. The molecule has 0 aliphatic rings. The molecule has 1 aromatic carbocycles. The minimum absolute atomic E-state index is 0.0387. The summed E-state index contributed by atoms with van der Waals surface area (Å²) in [6, 6.07) is 4.56. The summed E-state index contributed by atoms with van der Waals surface area (Å²) in [7, 11) is 0. The number of hydrogen-bond donors (Lipinski definition) is 1. The molecule has 0 fully saturated rings. The molecule has 0 atom stereocenters. The molecule has 0 saturated carbocycles. The van der Waals surface area contributed by atoms with Gasteiger partial charge in [0.1, 0.15) is 6.33 Å². The van der Waals surface area contributed by atoms with Gasteiger partial charge in [0.2, 0.25) is 0 Å². The summed E-state index contributed by atoms with van der Waals surface area (Å²) >= 11 is 0. The summed E-state index contributed by atoms with van der Waals surface area (Å²) in [5.41, 5.74) is 1.78. The van der Waals surface area contributed by atoms with Crippen molar-refractivity contribution in [2.24, 2.45) is 0 Å². The maximum atomic E-state index is 12.5. The number of aromatic amines is 1. The molecule has 0 aliphatic carbocycles. The molecule has 0 unspecified atom stereocenters. The quantitative estimate of drug-likeness (QED) is 0.597. The van der Waals surface area contributed by atoms with Gasteiger partial charge in [-0.2, -0.15) is 13.9 Å². The van der Waals surface area contributed by atoms with Gasteiger partial charge in [-0.1, -0.05) is 0 Å². The van der Waals surface area contributed by atoms with Crippen LogP contribution in [0.3, 0.4) is 0 Å². The first-order valence-corrected chi connectivity index (χ1v) is 7.42. The summed E-state index contributed by atoms with van der Waals surface area (Å²) < 4.78 is 36.4. The van der Waals surface area contributed by atoms with E-state index < -0.39 is 6.61 Å². The zero-order valence-electron chi connectivity index (χ0n) is 13.0. The molecule has 8 nitrogen and oxygen atoms in total. The number of nitrogens with zero attached hydrogens (tertiary/aromatic N) is 5. The molecule has 3 aromatic heterocycles. The SMILES string of the molecule is CCOc1cc(-c2nc3c4cn[nH]c4ncn3n2)ccc1OC(F)F. The number of nitrogens with one attached hydrogen (secondary N) is 1. The van der Waals surface area contributed by atoms with Gasteiger partial charge in [-0.15, -0.1) is 5.10 Å². The van der Waals surface area contributed by atoms with Crippen molar-refractivity contribution >= 4 is 16.7 Å². The summed E-state index contributed by atoms with van der Waals surface area (Å²) in [6.07, 6.45) is 3.13. The molecule has 25 heavy (non-hydrogen) atoms. The van der Waals surface area contributed by atoms with Crippen LogP contribution in [0.1, 0.15) is 6.92 Å². The molecule has 0 amide bonds. The van der Waals surface area contributed by atoms with E-state index in [-0.39, 0.29) is 11.5 Å². The number of halogens is 2. The normalized spacial score (nSPS) is 11.5. The van der Waals surface area contributed by atoms with E-state index in [0.717, 1.165) is 5.39 Å². The summed E-state index contributed by atoms with van der Waals surface area (Å²) in [6.45, 7) is -0.872. The number of H-pyrrole nitrogens is 1. The fourth-order valence-electron chi connectivity index (χ4n) is 2.47. The molecule has 4 rings (SSSR count). The number of alkyl halides is 2. The molecule has 3 heterocycles. The van der Waals surface area contributed by atoms with E-state index in [2.05, 4.69) is 30.0 Å². The second-order valence-electron chi connectivity index (χ2n) is 5.05. The van der Waals surface area contributed by atoms with Gasteiger partial charge < -0.3 is 9.47 Å². The lowest BCUT2D eigenvalue weighted by atomic mass is 10.2. The van der Waals surface area contributed by atoms with E-state index in [1.807, 2.05) is 0 Å². The number of ether oxygens (including phenoxy) is 2. The van der Waals surface area contributed by atoms with Gasteiger partial charge in [0, 0.05) is 5.56 Å². The second-order valence-corrected chi connectivity index (χ2v) is 5.05. The second kappa shape index (κ2) is 5.96. The van der Waals surface area contributed by atoms with Crippen molar-refractivity contribution in [3.63, 3.8) is 0 Å². The van der Waals surface area contributed by atoms with E-state index in [9.17, 15) is 8.78 Å². The Hall–Kier alpha value is -3.30. The lowest BCUT2D eigenvalue weighted by Crippen LogP contribution is -2.04. The topological polar surface area (TPSA) is 90.2 Å². The van der Waals surface area contributed by atoms with Crippen LogP contribution in [-0.2, 0) is 0 Å². The van der Waals surface area contributed by atoms with Crippen LogP contribution in [0, 0.1) is 0 Å².